The van der Waals surface area contributed by atoms with Crippen molar-refractivity contribution in [1.29, 1.82) is 0 Å². The molecule has 5 heteroatoms. The molecule has 1 heterocycles. The van der Waals surface area contributed by atoms with Crippen molar-refractivity contribution < 1.29 is 9.59 Å². The lowest BCUT2D eigenvalue weighted by Gasteiger charge is -2.20. The highest BCUT2D eigenvalue weighted by Crippen LogP contribution is 2.27. The van der Waals surface area contributed by atoms with Crippen LogP contribution >= 0.6 is 0 Å². The number of carbonyl (C=O) groups excluding carboxylic acids is 2. The number of nitrogens with zero attached hydrogens (tertiary/aromatic N) is 1. The van der Waals surface area contributed by atoms with Gasteiger partial charge < -0.3 is 11.1 Å². The molecular formula is C15H21N3O2. The molecule has 0 unspecified atom stereocenters. The molecule has 0 aliphatic heterocycles. The summed E-state index contributed by atoms with van der Waals surface area (Å²) in [4.78, 5) is 26.9. The molecule has 1 aliphatic carbocycles. The van der Waals surface area contributed by atoms with Gasteiger partial charge >= 0.3 is 0 Å². The zero-order valence-corrected chi connectivity index (χ0v) is 11.6. The quantitative estimate of drug-likeness (QED) is 0.865. The predicted octanol–water partition coefficient (Wildman–Crippen LogP) is 2.48. The summed E-state index contributed by atoms with van der Waals surface area (Å²) in [5.74, 6) is 0.419. The Hall–Kier alpha value is -1.91. The number of aromatic nitrogens is 1. The highest BCUT2D eigenvalue weighted by atomic mass is 16.2. The number of nitrogens with two attached hydrogens (primary N) is 1. The molecule has 1 aromatic heterocycles. The number of anilines is 1. The van der Waals surface area contributed by atoms with Gasteiger partial charge in [0.1, 0.15) is 11.5 Å². The van der Waals surface area contributed by atoms with Gasteiger partial charge in [0.05, 0.1) is 0 Å². The van der Waals surface area contributed by atoms with Gasteiger partial charge in [0.2, 0.25) is 5.91 Å². The van der Waals surface area contributed by atoms with E-state index in [0.717, 1.165) is 6.42 Å². The summed E-state index contributed by atoms with van der Waals surface area (Å²) in [7, 11) is 0. The molecule has 0 bridgehead atoms. The number of primary amides is 1. The minimum Gasteiger partial charge on any atom is -0.364 e. The summed E-state index contributed by atoms with van der Waals surface area (Å²) < 4.78 is 0. The standard InChI is InChI=1S/C15H21N3O2/c16-15(20)12-7-4-8-13(17-12)18-14(19)10-9-11-5-2-1-3-6-11/h4,7-8,11H,1-3,5-6,9-10H2,(H2,16,20)(H,17,18,19). The largest absolute Gasteiger partial charge is 0.364 e. The summed E-state index contributed by atoms with van der Waals surface area (Å²) in [5, 5.41) is 2.72. The molecule has 0 spiro atoms. The molecule has 1 aliphatic rings. The first kappa shape index (κ1) is 14.5. The number of amides is 2. The van der Waals surface area contributed by atoms with Gasteiger partial charge in [-0.05, 0) is 24.5 Å². The Morgan fingerprint density at radius 3 is 2.70 bits per heavy atom. The Morgan fingerprint density at radius 1 is 1.25 bits per heavy atom. The third-order valence-corrected chi connectivity index (χ3v) is 3.77. The van der Waals surface area contributed by atoms with Crippen LogP contribution in [0, 0.1) is 5.92 Å². The Morgan fingerprint density at radius 2 is 2.00 bits per heavy atom. The fourth-order valence-electron chi connectivity index (χ4n) is 2.66. The highest BCUT2D eigenvalue weighted by molar-refractivity contribution is 5.93. The van der Waals surface area contributed by atoms with Crippen molar-refractivity contribution in [2.24, 2.45) is 11.7 Å². The molecule has 1 aromatic rings. The lowest BCUT2D eigenvalue weighted by molar-refractivity contribution is -0.116. The third-order valence-electron chi connectivity index (χ3n) is 3.77. The molecule has 0 saturated heterocycles. The summed E-state index contributed by atoms with van der Waals surface area (Å²) in [5.41, 5.74) is 5.32. The fourth-order valence-corrected chi connectivity index (χ4v) is 2.66. The van der Waals surface area contributed by atoms with Crippen molar-refractivity contribution in [3.05, 3.63) is 23.9 Å². The van der Waals surface area contributed by atoms with E-state index in [0.29, 0.717) is 18.2 Å². The van der Waals surface area contributed by atoms with Crippen LogP contribution in [0.15, 0.2) is 18.2 Å². The van der Waals surface area contributed by atoms with Crippen LogP contribution in [0.3, 0.4) is 0 Å². The number of pyridine rings is 1. The molecule has 0 atom stereocenters. The Labute approximate surface area is 119 Å². The maximum atomic E-state index is 11.9. The van der Waals surface area contributed by atoms with Gasteiger partial charge in [-0.15, -0.1) is 0 Å². The van der Waals surface area contributed by atoms with Gasteiger partial charge in [-0.3, -0.25) is 9.59 Å². The normalized spacial score (nSPS) is 15.8. The van der Waals surface area contributed by atoms with Crippen molar-refractivity contribution in [3.63, 3.8) is 0 Å². The van der Waals surface area contributed by atoms with Crippen LogP contribution in [0.5, 0.6) is 0 Å². The molecule has 20 heavy (non-hydrogen) atoms. The average molecular weight is 275 g/mol. The number of rotatable bonds is 5. The van der Waals surface area contributed by atoms with Crippen molar-refractivity contribution in [2.75, 3.05) is 5.32 Å². The third kappa shape index (κ3) is 4.33. The second kappa shape index (κ2) is 7.03. The first-order valence-electron chi connectivity index (χ1n) is 7.22. The molecule has 5 nitrogen and oxygen atoms in total. The number of hydrogen-bond acceptors (Lipinski definition) is 3. The number of carbonyl (C=O) groups is 2. The van der Waals surface area contributed by atoms with Crippen LogP contribution in [-0.4, -0.2) is 16.8 Å². The van der Waals surface area contributed by atoms with Gasteiger partial charge in [-0.2, -0.15) is 0 Å². The van der Waals surface area contributed by atoms with Crippen molar-refractivity contribution in [3.8, 4) is 0 Å². The van der Waals surface area contributed by atoms with E-state index in [1.807, 2.05) is 0 Å². The lowest BCUT2D eigenvalue weighted by atomic mass is 9.86. The number of hydrogen-bond donors (Lipinski definition) is 2. The van der Waals surface area contributed by atoms with E-state index in [-0.39, 0.29) is 11.6 Å². The monoisotopic (exact) mass is 275 g/mol. The number of nitrogens with one attached hydrogen (secondary N) is 1. The predicted molar refractivity (Wildman–Crippen MR) is 77.2 cm³/mol. The Kier molecular flexibility index (Phi) is 5.09. The van der Waals surface area contributed by atoms with Crippen molar-refractivity contribution in [2.45, 2.75) is 44.9 Å². The van der Waals surface area contributed by atoms with Crippen LogP contribution in [-0.2, 0) is 4.79 Å². The minimum absolute atomic E-state index is 0.0512. The zero-order valence-electron chi connectivity index (χ0n) is 11.6. The van der Waals surface area contributed by atoms with E-state index in [2.05, 4.69) is 10.3 Å². The van der Waals surface area contributed by atoms with E-state index in [1.165, 1.54) is 38.2 Å². The fraction of sp³-hybridized carbons (Fsp3) is 0.533. The van der Waals surface area contributed by atoms with Gasteiger partial charge in [-0.25, -0.2) is 4.98 Å². The summed E-state index contributed by atoms with van der Waals surface area (Å²) in [6.07, 6.45) is 7.81. The topological polar surface area (TPSA) is 85.1 Å². The van der Waals surface area contributed by atoms with E-state index >= 15 is 0 Å². The molecule has 3 N–H and O–H groups in total. The Balaban J connectivity index is 1.81. The highest BCUT2D eigenvalue weighted by Gasteiger charge is 2.15. The van der Waals surface area contributed by atoms with Gasteiger partial charge in [0.25, 0.3) is 5.91 Å². The van der Waals surface area contributed by atoms with E-state index in [4.69, 9.17) is 5.73 Å². The first-order valence-corrected chi connectivity index (χ1v) is 7.22. The minimum atomic E-state index is -0.594. The molecule has 1 fully saturated rings. The van der Waals surface area contributed by atoms with Crippen LogP contribution in [0.2, 0.25) is 0 Å². The summed E-state index contributed by atoms with van der Waals surface area (Å²) >= 11 is 0. The van der Waals surface area contributed by atoms with Crippen molar-refractivity contribution >= 4 is 17.6 Å². The van der Waals surface area contributed by atoms with E-state index in [9.17, 15) is 9.59 Å². The van der Waals surface area contributed by atoms with Gasteiger partial charge in [0.15, 0.2) is 0 Å². The smallest absolute Gasteiger partial charge is 0.267 e. The van der Waals surface area contributed by atoms with E-state index < -0.39 is 5.91 Å². The molecule has 2 rings (SSSR count). The Bertz CT molecular complexity index is 482. The molecule has 0 radical (unpaired) electrons. The van der Waals surface area contributed by atoms with Crippen LogP contribution in [0.1, 0.15) is 55.4 Å². The summed E-state index contributed by atoms with van der Waals surface area (Å²) in [6.45, 7) is 0. The van der Waals surface area contributed by atoms with Crippen LogP contribution < -0.4 is 11.1 Å². The molecule has 0 aromatic carbocycles. The van der Waals surface area contributed by atoms with Crippen LogP contribution in [0.25, 0.3) is 0 Å². The summed E-state index contributed by atoms with van der Waals surface area (Å²) in [6, 6.07) is 4.84. The van der Waals surface area contributed by atoms with Gasteiger partial charge in [-0.1, -0.05) is 38.2 Å². The second-order valence-corrected chi connectivity index (χ2v) is 5.36. The molecular weight excluding hydrogens is 254 g/mol. The lowest BCUT2D eigenvalue weighted by Crippen LogP contribution is -2.17. The SMILES string of the molecule is NC(=O)c1cccc(NC(=O)CCC2CCCCC2)n1. The molecule has 2 amide bonds. The maximum absolute atomic E-state index is 11.9. The maximum Gasteiger partial charge on any atom is 0.267 e. The van der Waals surface area contributed by atoms with E-state index in [1.54, 1.807) is 12.1 Å². The van der Waals surface area contributed by atoms with Crippen LogP contribution in [0.4, 0.5) is 5.82 Å². The van der Waals surface area contributed by atoms with Gasteiger partial charge in [0, 0.05) is 6.42 Å². The zero-order chi connectivity index (χ0) is 14.4. The second-order valence-electron chi connectivity index (χ2n) is 5.36. The molecule has 1 saturated carbocycles. The molecule has 108 valence electrons. The van der Waals surface area contributed by atoms with Crippen molar-refractivity contribution in [1.82, 2.24) is 4.98 Å². The first-order chi connectivity index (χ1) is 9.65. The average Bonchev–Trinajstić information content (AvgIpc) is 2.46.